The third-order valence-electron chi connectivity index (χ3n) is 5.24. The average Bonchev–Trinajstić information content (AvgIpc) is 2.68. The highest BCUT2D eigenvalue weighted by atomic mass is 16.5. The van der Waals surface area contributed by atoms with Crippen LogP contribution in [0, 0.1) is 17.3 Å². The summed E-state index contributed by atoms with van der Waals surface area (Å²) in [5.41, 5.74) is 0.539. The second kappa shape index (κ2) is 7.64. The molecule has 1 saturated heterocycles. The van der Waals surface area contributed by atoms with Crippen molar-refractivity contribution in [2.45, 2.75) is 65.2 Å². The summed E-state index contributed by atoms with van der Waals surface area (Å²) >= 11 is 0. The van der Waals surface area contributed by atoms with Gasteiger partial charge in [-0.15, -0.1) is 0 Å². The highest BCUT2D eigenvalue weighted by molar-refractivity contribution is 4.91. The molecule has 0 radical (unpaired) electrons. The van der Waals surface area contributed by atoms with Crippen LogP contribution in [0.2, 0.25) is 0 Å². The van der Waals surface area contributed by atoms with Gasteiger partial charge in [-0.3, -0.25) is 0 Å². The smallest absolute Gasteiger partial charge is 0.0471 e. The van der Waals surface area contributed by atoms with Gasteiger partial charge in [-0.2, -0.15) is 0 Å². The third kappa shape index (κ3) is 4.46. The molecule has 2 fully saturated rings. The van der Waals surface area contributed by atoms with E-state index in [0.29, 0.717) is 5.41 Å². The first-order valence-electron chi connectivity index (χ1n) is 8.51. The zero-order valence-electron chi connectivity index (χ0n) is 13.0. The van der Waals surface area contributed by atoms with Crippen LogP contribution in [0.3, 0.4) is 0 Å². The van der Waals surface area contributed by atoms with E-state index in [0.717, 1.165) is 31.6 Å². The number of nitrogens with one attached hydrogen (secondary N) is 1. The van der Waals surface area contributed by atoms with Crippen molar-refractivity contribution in [1.29, 1.82) is 0 Å². The van der Waals surface area contributed by atoms with Gasteiger partial charge in [0, 0.05) is 19.8 Å². The van der Waals surface area contributed by atoms with Crippen molar-refractivity contribution >= 4 is 0 Å². The van der Waals surface area contributed by atoms with E-state index in [1.807, 2.05) is 0 Å². The predicted molar refractivity (Wildman–Crippen MR) is 81.4 cm³/mol. The van der Waals surface area contributed by atoms with Crippen molar-refractivity contribution in [3.63, 3.8) is 0 Å². The van der Waals surface area contributed by atoms with Gasteiger partial charge in [0.05, 0.1) is 0 Å². The number of hydrogen-bond donors (Lipinski definition) is 1. The molecule has 2 aliphatic rings. The molecule has 1 aliphatic carbocycles. The summed E-state index contributed by atoms with van der Waals surface area (Å²) in [5, 5.41) is 3.76. The fourth-order valence-electron chi connectivity index (χ4n) is 4.01. The molecule has 2 heteroatoms. The van der Waals surface area contributed by atoms with E-state index in [2.05, 4.69) is 19.2 Å². The maximum absolute atomic E-state index is 5.65. The van der Waals surface area contributed by atoms with E-state index >= 15 is 0 Å². The minimum atomic E-state index is 0.539. The summed E-state index contributed by atoms with van der Waals surface area (Å²) in [4.78, 5) is 0. The Balaban J connectivity index is 1.95. The molecule has 112 valence electrons. The lowest BCUT2D eigenvalue weighted by Gasteiger charge is -2.44. The zero-order chi connectivity index (χ0) is 13.6. The van der Waals surface area contributed by atoms with Gasteiger partial charge in [-0.1, -0.05) is 39.5 Å². The van der Waals surface area contributed by atoms with Gasteiger partial charge in [-0.05, 0) is 49.5 Å². The fourth-order valence-corrected chi connectivity index (χ4v) is 4.01. The fraction of sp³-hybridized carbons (Fsp3) is 1.00. The predicted octanol–water partition coefficient (Wildman–Crippen LogP) is 4.00. The number of hydrogen-bond acceptors (Lipinski definition) is 2. The van der Waals surface area contributed by atoms with Gasteiger partial charge in [0.25, 0.3) is 0 Å². The average molecular weight is 267 g/mol. The van der Waals surface area contributed by atoms with Gasteiger partial charge >= 0.3 is 0 Å². The Morgan fingerprint density at radius 3 is 2.26 bits per heavy atom. The molecule has 2 rings (SSSR count). The van der Waals surface area contributed by atoms with Gasteiger partial charge in [0.1, 0.15) is 0 Å². The van der Waals surface area contributed by atoms with Crippen LogP contribution in [-0.2, 0) is 4.74 Å². The molecule has 0 atom stereocenters. The lowest BCUT2D eigenvalue weighted by atomic mass is 9.67. The minimum Gasteiger partial charge on any atom is -0.381 e. The van der Waals surface area contributed by atoms with E-state index in [1.165, 1.54) is 57.9 Å². The summed E-state index contributed by atoms with van der Waals surface area (Å²) < 4.78 is 5.65. The third-order valence-corrected chi connectivity index (χ3v) is 5.24. The van der Waals surface area contributed by atoms with Gasteiger partial charge in [0.15, 0.2) is 0 Å². The van der Waals surface area contributed by atoms with Crippen LogP contribution in [-0.4, -0.2) is 26.3 Å². The van der Waals surface area contributed by atoms with Crippen molar-refractivity contribution in [2.75, 3.05) is 26.3 Å². The summed E-state index contributed by atoms with van der Waals surface area (Å²) in [6, 6.07) is 0. The molecule has 0 spiro atoms. The molecule has 0 aromatic rings. The molecular weight excluding hydrogens is 234 g/mol. The minimum absolute atomic E-state index is 0.539. The lowest BCUT2D eigenvalue weighted by Crippen LogP contribution is -2.45. The molecule has 0 bridgehead atoms. The maximum atomic E-state index is 5.65. The Kier molecular flexibility index (Phi) is 6.15. The Labute approximate surface area is 119 Å². The summed E-state index contributed by atoms with van der Waals surface area (Å²) in [5.74, 6) is 1.70. The molecule has 19 heavy (non-hydrogen) atoms. The highest BCUT2D eigenvalue weighted by Crippen LogP contribution is 2.44. The Morgan fingerprint density at radius 1 is 1.05 bits per heavy atom. The number of rotatable bonds is 5. The van der Waals surface area contributed by atoms with E-state index in [4.69, 9.17) is 4.74 Å². The van der Waals surface area contributed by atoms with Crippen molar-refractivity contribution in [1.82, 2.24) is 5.32 Å². The molecule has 1 saturated carbocycles. The monoisotopic (exact) mass is 267 g/mol. The Morgan fingerprint density at radius 2 is 1.68 bits per heavy atom. The standard InChI is InChI=1S/C17H33NO/c1-15(2)13-18-14-17(9-11-19-12-10-17)16-7-5-3-4-6-8-16/h15-16,18H,3-14H2,1-2H3. The van der Waals surface area contributed by atoms with E-state index < -0.39 is 0 Å². The van der Waals surface area contributed by atoms with Crippen molar-refractivity contribution < 1.29 is 4.74 Å². The van der Waals surface area contributed by atoms with Crippen molar-refractivity contribution in [3.05, 3.63) is 0 Å². The van der Waals surface area contributed by atoms with Crippen LogP contribution < -0.4 is 5.32 Å². The quantitative estimate of drug-likeness (QED) is 0.760. The van der Waals surface area contributed by atoms with E-state index in [-0.39, 0.29) is 0 Å². The lowest BCUT2D eigenvalue weighted by molar-refractivity contribution is -0.0226. The van der Waals surface area contributed by atoms with Crippen LogP contribution in [0.1, 0.15) is 65.2 Å². The van der Waals surface area contributed by atoms with E-state index in [1.54, 1.807) is 0 Å². The second-order valence-corrected chi connectivity index (χ2v) is 7.19. The molecule has 0 unspecified atom stereocenters. The summed E-state index contributed by atoms with van der Waals surface area (Å²) in [6.45, 7) is 8.96. The first-order valence-corrected chi connectivity index (χ1v) is 8.51. The molecule has 0 amide bonds. The Hall–Kier alpha value is -0.0800. The van der Waals surface area contributed by atoms with Gasteiger partial charge in [-0.25, -0.2) is 0 Å². The van der Waals surface area contributed by atoms with E-state index in [9.17, 15) is 0 Å². The molecule has 1 heterocycles. The molecule has 0 aromatic carbocycles. The van der Waals surface area contributed by atoms with Crippen LogP contribution in [0.15, 0.2) is 0 Å². The Bertz CT molecular complexity index is 238. The first-order chi connectivity index (χ1) is 9.23. The summed E-state index contributed by atoms with van der Waals surface area (Å²) in [7, 11) is 0. The number of ether oxygens (including phenoxy) is 1. The zero-order valence-corrected chi connectivity index (χ0v) is 13.0. The van der Waals surface area contributed by atoms with Gasteiger partial charge < -0.3 is 10.1 Å². The van der Waals surface area contributed by atoms with Crippen molar-refractivity contribution in [2.24, 2.45) is 17.3 Å². The van der Waals surface area contributed by atoms with Crippen LogP contribution in [0.4, 0.5) is 0 Å². The van der Waals surface area contributed by atoms with Crippen LogP contribution in [0.5, 0.6) is 0 Å². The van der Waals surface area contributed by atoms with Crippen molar-refractivity contribution in [3.8, 4) is 0 Å². The largest absolute Gasteiger partial charge is 0.381 e. The molecule has 0 aromatic heterocycles. The van der Waals surface area contributed by atoms with Gasteiger partial charge in [0.2, 0.25) is 0 Å². The molecule has 2 nitrogen and oxygen atoms in total. The highest BCUT2D eigenvalue weighted by Gasteiger charge is 2.39. The molecule has 1 N–H and O–H groups in total. The second-order valence-electron chi connectivity index (χ2n) is 7.19. The van der Waals surface area contributed by atoms with Crippen LogP contribution >= 0.6 is 0 Å². The summed E-state index contributed by atoms with van der Waals surface area (Å²) in [6.07, 6.45) is 11.3. The first kappa shape index (κ1) is 15.3. The molecular formula is C17H33NO. The SMILES string of the molecule is CC(C)CNCC1(C2CCCCCC2)CCOCC1. The molecule has 1 aliphatic heterocycles. The normalized spacial score (nSPS) is 25.4. The van der Waals surface area contributed by atoms with Crippen LogP contribution in [0.25, 0.3) is 0 Å². The maximum Gasteiger partial charge on any atom is 0.0471 e. The topological polar surface area (TPSA) is 21.3 Å².